The number of benzene rings is 1. The Hall–Kier alpha value is -0.840. The van der Waals surface area contributed by atoms with Gasteiger partial charge in [-0.3, -0.25) is 0 Å². The van der Waals surface area contributed by atoms with Gasteiger partial charge in [-0.25, -0.2) is 9.37 Å². The number of aromatic nitrogens is 1. The number of alkyl halides is 1. The van der Waals surface area contributed by atoms with Crippen LogP contribution in [0.4, 0.5) is 4.39 Å². The van der Waals surface area contributed by atoms with Crippen LogP contribution in [0.3, 0.4) is 0 Å². The Morgan fingerprint density at radius 1 is 1.33 bits per heavy atom. The number of ether oxygens (including phenoxy) is 1. The fourth-order valence-corrected chi connectivity index (χ4v) is 1.99. The van der Waals surface area contributed by atoms with Crippen LogP contribution in [0.5, 0.6) is 11.6 Å². The zero-order chi connectivity index (χ0) is 13.1. The Bertz CT molecular complexity index is 580. The molecule has 94 valence electrons. The normalized spacial score (nSPS) is 10.4. The number of hydrogen-bond acceptors (Lipinski definition) is 2. The Balaban J connectivity index is 2.31. The fourth-order valence-electron chi connectivity index (χ4n) is 1.27. The molecule has 2 nitrogen and oxygen atoms in total. The molecule has 18 heavy (non-hydrogen) atoms. The molecule has 0 saturated heterocycles. The van der Waals surface area contributed by atoms with Crippen LogP contribution in [0, 0.1) is 5.82 Å². The van der Waals surface area contributed by atoms with Gasteiger partial charge < -0.3 is 4.74 Å². The lowest BCUT2D eigenvalue weighted by Crippen LogP contribution is -1.93. The molecule has 0 bridgehead atoms. The summed E-state index contributed by atoms with van der Waals surface area (Å²) in [7, 11) is 0. The Kier molecular flexibility index (Phi) is 4.43. The minimum Gasteiger partial charge on any atom is -0.434 e. The smallest absolute Gasteiger partial charge is 0.238 e. The molecule has 1 aromatic carbocycles. The van der Waals surface area contributed by atoms with Gasteiger partial charge in [0.15, 0.2) is 11.6 Å². The average Bonchev–Trinajstić information content (AvgIpc) is 2.36. The number of nitrogens with zero attached hydrogens (tertiary/aromatic N) is 1. The lowest BCUT2D eigenvalue weighted by atomic mass is 10.3. The van der Waals surface area contributed by atoms with E-state index in [0.29, 0.717) is 10.4 Å². The van der Waals surface area contributed by atoms with Gasteiger partial charge >= 0.3 is 0 Å². The monoisotopic (exact) mass is 349 g/mol. The first-order valence-electron chi connectivity index (χ1n) is 4.93. The minimum atomic E-state index is -0.488. The molecule has 0 amide bonds. The summed E-state index contributed by atoms with van der Waals surface area (Å²) in [6.07, 6.45) is 1.53. The molecular weight excluding hydrogens is 344 g/mol. The van der Waals surface area contributed by atoms with Crippen LogP contribution >= 0.6 is 39.1 Å². The van der Waals surface area contributed by atoms with Crippen LogP contribution in [0.15, 0.2) is 34.9 Å². The van der Waals surface area contributed by atoms with Gasteiger partial charge in [0.25, 0.3) is 0 Å². The summed E-state index contributed by atoms with van der Waals surface area (Å²) in [6.45, 7) is 0. The molecule has 0 saturated carbocycles. The second-order valence-corrected chi connectivity index (χ2v) is 5.03. The van der Waals surface area contributed by atoms with E-state index in [1.165, 1.54) is 18.3 Å². The maximum absolute atomic E-state index is 13.5. The molecule has 0 aliphatic carbocycles. The molecule has 6 heteroatoms. The van der Waals surface area contributed by atoms with E-state index in [1.54, 1.807) is 12.1 Å². The SMILES string of the molecule is Fc1ccc(Br)cc1Oc1ncc(CCl)cc1Cl. The predicted molar refractivity (Wildman–Crippen MR) is 73.0 cm³/mol. The first-order valence-corrected chi connectivity index (χ1v) is 6.64. The van der Waals surface area contributed by atoms with Crippen molar-refractivity contribution in [3.63, 3.8) is 0 Å². The molecule has 1 heterocycles. The van der Waals surface area contributed by atoms with Gasteiger partial charge in [0.05, 0.1) is 0 Å². The first kappa shape index (κ1) is 13.6. The number of halogens is 4. The summed E-state index contributed by atoms with van der Waals surface area (Å²) in [5, 5.41) is 0.285. The molecule has 0 fully saturated rings. The summed E-state index contributed by atoms with van der Waals surface area (Å²) < 4.78 is 19.5. The van der Waals surface area contributed by atoms with Crippen LogP contribution < -0.4 is 4.74 Å². The molecule has 2 aromatic rings. The van der Waals surface area contributed by atoms with E-state index in [2.05, 4.69) is 20.9 Å². The van der Waals surface area contributed by atoms with Gasteiger partial charge in [-0.1, -0.05) is 27.5 Å². The highest BCUT2D eigenvalue weighted by molar-refractivity contribution is 9.10. The van der Waals surface area contributed by atoms with Crippen LogP contribution in [0.1, 0.15) is 5.56 Å². The van der Waals surface area contributed by atoms with Gasteiger partial charge in [0.1, 0.15) is 5.02 Å². The van der Waals surface area contributed by atoms with E-state index >= 15 is 0 Å². The second kappa shape index (κ2) is 5.87. The standard InChI is InChI=1S/C12H7BrCl2FNO/c13-8-1-2-10(16)11(4-8)18-12-9(15)3-7(5-14)6-17-12/h1-4,6H,5H2. The van der Waals surface area contributed by atoms with Crippen LogP contribution in [-0.2, 0) is 5.88 Å². The van der Waals surface area contributed by atoms with Crippen molar-refractivity contribution >= 4 is 39.1 Å². The summed E-state index contributed by atoms with van der Waals surface area (Å²) in [6, 6.07) is 6.00. The lowest BCUT2D eigenvalue weighted by Gasteiger charge is -2.08. The van der Waals surface area contributed by atoms with Crippen LogP contribution in [-0.4, -0.2) is 4.98 Å². The summed E-state index contributed by atoms with van der Waals surface area (Å²) >= 11 is 14.9. The quantitative estimate of drug-likeness (QED) is 0.712. The third-order valence-corrected chi connectivity index (χ3v) is 3.19. The van der Waals surface area contributed by atoms with Gasteiger partial charge in [-0.05, 0) is 29.8 Å². The Morgan fingerprint density at radius 2 is 2.11 bits per heavy atom. The Morgan fingerprint density at radius 3 is 2.78 bits per heavy atom. The highest BCUT2D eigenvalue weighted by Gasteiger charge is 2.10. The number of pyridine rings is 1. The van der Waals surface area contributed by atoms with Crippen molar-refractivity contribution in [3.05, 3.63) is 51.3 Å². The fraction of sp³-hybridized carbons (Fsp3) is 0.0833. The van der Waals surface area contributed by atoms with Crippen molar-refractivity contribution in [2.24, 2.45) is 0 Å². The van der Waals surface area contributed by atoms with Crippen LogP contribution in [0.2, 0.25) is 5.02 Å². The molecule has 1 aromatic heterocycles. The zero-order valence-corrected chi connectivity index (χ0v) is 12.1. The van der Waals surface area contributed by atoms with Gasteiger partial charge in [0, 0.05) is 16.5 Å². The summed E-state index contributed by atoms with van der Waals surface area (Å²) in [4.78, 5) is 3.99. The van der Waals surface area contributed by atoms with Crippen LogP contribution in [0.25, 0.3) is 0 Å². The highest BCUT2D eigenvalue weighted by Crippen LogP contribution is 2.31. The van der Waals surface area contributed by atoms with Gasteiger partial charge in [0.2, 0.25) is 5.88 Å². The van der Waals surface area contributed by atoms with Gasteiger partial charge in [-0.15, -0.1) is 11.6 Å². The molecule has 0 spiro atoms. The molecule has 0 radical (unpaired) electrons. The van der Waals surface area contributed by atoms with Crippen molar-refractivity contribution in [2.45, 2.75) is 5.88 Å². The van der Waals surface area contributed by atoms with Crippen molar-refractivity contribution in [3.8, 4) is 11.6 Å². The molecule has 2 rings (SSSR count). The molecule has 0 aliphatic rings. The number of hydrogen-bond donors (Lipinski definition) is 0. The molecule has 0 atom stereocenters. The summed E-state index contributed by atoms with van der Waals surface area (Å²) in [5.41, 5.74) is 0.767. The van der Waals surface area contributed by atoms with E-state index in [1.807, 2.05) is 0 Å². The van der Waals surface area contributed by atoms with Crippen molar-refractivity contribution < 1.29 is 9.13 Å². The maximum Gasteiger partial charge on any atom is 0.238 e. The largest absolute Gasteiger partial charge is 0.434 e. The van der Waals surface area contributed by atoms with E-state index in [-0.39, 0.29) is 16.7 Å². The molecule has 0 unspecified atom stereocenters. The minimum absolute atomic E-state index is 0.0531. The topological polar surface area (TPSA) is 22.1 Å². The van der Waals surface area contributed by atoms with E-state index < -0.39 is 5.82 Å². The average molecular weight is 351 g/mol. The zero-order valence-electron chi connectivity index (χ0n) is 8.96. The second-order valence-electron chi connectivity index (χ2n) is 3.44. The van der Waals surface area contributed by atoms with Crippen molar-refractivity contribution in [1.82, 2.24) is 4.98 Å². The van der Waals surface area contributed by atoms with E-state index in [0.717, 1.165) is 5.56 Å². The lowest BCUT2D eigenvalue weighted by molar-refractivity contribution is 0.427. The third kappa shape index (κ3) is 3.13. The maximum atomic E-state index is 13.5. The van der Waals surface area contributed by atoms with Gasteiger partial charge in [-0.2, -0.15) is 0 Å². The Labute approximate surface area is 122 Å². The molecule has 0 N–H and O–H groups in total. The molecular formula is C12H7BrCl2FNO. The highest BCUT2D eigenvalue weighted by atomic mass is 79.9. The number of rotatable bonds is 3. The van der Waals surface area contributed by atoms with E-state index in [9.17, 15) is 4.39 Å². The van der Waals surface area contributed by atoms with Crippen molar-refractivity contribution in [1.29, 1.82) is 0 Å². The molecule has 0 aliphatic heterocycles. The van der Waals surface area contributed by atoms with E-state index in [4.69, 9.17) is 27.9 Å². The van der Waals surface area contributed by atoms with Crippen molar-refractivity contribution in [2.75, 3.05) is 0 Å². The summed E-state index contributed by atoms with van der Waals surface area (Å²) in [5.74, 6) is 0.00976. The third-order valence-electron chi connectivity index (χ3n) is 2.12. The first-order chi connectivity index (χ1) is 8.60. The predicted octanol–water partition coefficient (Wildman–Crippen LogP) is 5.17.